The molecule has 142 valence electrons. The van der Waals surface area contributed by atoms with Gasteiger partial charge in [-0.1, -0.05) is 34.4 Å². The third kappa shape index (κ3) is 4.40. The highest BCUT2D eigenvalue weighted by molar-refractivity contribution is 6.32. The highest BCUT2D eigenvalue weighted by atomic mass is 35.5. The van der Waals surface area contributed by atoms with Gasteiger partial charge in [-0.25, -0.2) is 9.07 Å². The predicted molar refractivity (Wildman–Crippen MR) is 99.9 cm³/mol. The van der Waals surface area contributed by atoms with E-state index >= 15 is 0 Å². The van der Waals surface area contributed by atoms with Gasteiger partial charge >= 0.3 is 0 Å². The van der Waals surface area contributed by atoms with Crippen molar-refractivity contribution in [2.45, 2.75) is 13.2 Å². The Morgan fingerprint density at radius 2 is 2.04 bits per heavy atom. The van der Waals surface area contributed by atoms with E-state index in [9.17, 15) is 4.39 Å². The lowest BCUT2D eigenvalue weighted by molar-refractivity contribution is 0.280. The number of nitrogens with zero attached hydrogens (tertiary/aromatic N) is 4. The van der Waals surface area contributed by atoms with Crippen LogP contribution in [0.25, 0.3) is 0 Å². The third-order valence-corrected chi connectivity index (χ3v) is 4.42. The number of halogens is 3. The average Bonchev–Trinajstić information content (AvgIpc) is 3.05. The van der Waals surface area contributed by atoms with Crippen molar-refractivity contribution in [1.29, 1.82) is 0 Å². The quantitative estimate of drug-likeness (QED) is 0.636. The maximum Gasteiger partial charge on any atom is 0.242 e. The number of anilines is 1. The lowest BCUT2D eigenvalue weighted by atomic mass is 10.2. The molecule has 1 heterocycles. The molecule has 27 heavy (non-hydrogen) atoms. The Labute approximate surface area is 165 Å². The first-order valence-electron chi connectivity index (χ1n) is 7.88. The van der Waals surface area contributed by atoms with Gasteiger partial charge in [-0.2, -0.15) is 0 Å². The van der Waals surface area contributed by atoms with Crippen molar-refractivity contribution in [1.82, 2.24) is 20.2 Å². The van der Waals surface area contributed by atoms with Crippen LogP contribution in [0.4, 0.5) is 10.3 Å². The third-order valence-electron chi connectivity index (χ3n) is 3.78. The van der Waals surface area contributed by atoms with E-state index in [2.05, 4.69) is 20.8 Å². The minimum atomic E-state index is -0.448. The number of methoxy groups -OCH3 is 1. The van der Waals surface area contributed by atoms with Gasteiger partial charge in [0.25, 0.3) is 0 Å². The van der Waals surface area contributed by atoms with Crippen LogP contribution in [0.2, 0.25) is 10.0 Å². The minimum absolute atomic E-state index is 0.0796. The van der Waals surface area contributed by atoms with E-state index in [1.807, 2.05) is 0 Å². The van der Waals surface area contributed by atoms with Gasteiger partial charge in [-0.15, -0.1) is 0 Å². The summed E-state index contributed by atoms with van der Waals surface area (Å²) in [4.78, 5) is 0. The summed E-state index contributed by atoms with van der Waals surface area (Å²) >= 11 is 12.4. The molecule has 0 aliphatic carbocycles. The van der Waals surface area contributed by atoms with E-state index in [0.29, 0.717) is 29.0 Å². The molecule has 0 saturated heterocycles. The molecule has 0 amide bonds. The molecule has 0 unspecified atom stereocenters. The molecule has 0 atom stereocenters. The number of hydrogen-bond acceptors (Lipinski definition) is 6. The molecule has 1 N–H and O–H groups in total. The van der Waals surface area contributed by atoms with Crippen LogP contribution in [-0.2, 0) is 20.2 Å². The summed E-state index contributed by atoms with van der Waals surface area (Å²) in [5.41, 5.74) is 1.08. The standard InChI is InChI=1S/C17H16Cl2FN5O2/c1-25-17(22-23-24-25)21-8-10-6-13(19)16(15(7-10)26-2)27-9-11-12(18)4-3-5-14(11)20/h3-7H,8-9H2,1-2H3,(H,21,22,24). The van der Waals surface area contributed by atoms with Crippen LogP contribution in [0.3, 0.4) is 0 Å². The van der Waals surface area contributed by atoms with Gasteiger partial charge in [0.15, 0.2) is 11.5 Å². The van der Waals surface area contributed by atoms with Gasteiger partial charge in [-0.05, 0) is 40.3 Å². The molecule has 10 heteroatoms. The van der Waals surface area contributed by atoms with E-state index in [4.69, 9.17) is 32.7 Å². The molecule has 3 rings (SSSR count). The first-order chi connectivity index (χ1) is 13.0. The molecule has 0 bridgehead atoms. The second kappa shape index (κ2) is 8.41. The first-order valence-corrected chi connectivity index (χ1v) is 8.63. The monoisotopic (exact) mass is 411 g/mol. The van der Waals surface area contributed by atoms with Gasteiger partial charge < -0.3 is 14.8 Å². The molecule has 3 aromatic rings. The van der Waals surface area contributed by atoms with Crippen LogP contribution >= 0.6 is 23.2 Å². The second-order valence-electron chi connectivity index (χ2n) is 5.58. The Morgan fingerprint density at radius 1 is 1.22 bits per heavy atom. The van der Waals surface area contributed by atoms with Crippen LogP contribution in [0.15, 0.2) is 30.3 Å². The van der Waals surface area contributed by atoms with E-state index in [-0.39, 0.29) is 17.2 Å². The number of hydrogen-bond donors (Lipinski definition) is 1. The number of aryl methyl sites for hydroxylation is 1. The fraction of sp³-hybridized carbons (Fsp3) is 0.235. The van der Waals surface area contributed by atoms with E-state index < -0.39 is 5.82 Å². The molecule has 0 fully saturated rings. The number of ether oxygens (including phenoxy) is 2. The normalized spacial score (nSPS) is 10.7. The smallest absolute Gasteiger partial charge is 0.242 e. The zero-order valence-electron chi connectivity index (χ0n) is 14.5. The second-order valence-corrected chi connectivity index (χ2v) is 6.39. The van der Waals surface area contributed by atoms with Crippen molar-refractivity contribution < 1.29 is 13.9 Å². The predicted octanol–water partition coefficient (Wildman–Crippen LogP) is 3.86. The molecule has 0 aliphatic rings. The fourth-order valence-corrected chi connectivity index (χ4v) is 2.90. The number of rotatable bonds is 7. The van der Waals surface area contributed by atoms with Gasteiger partial charge in [0.2, 0.25) is 5.95 Å². The van der Waals surface area contributed by atoms with Gasteiger partial charge in [-0.3, -0.25) is 0 Å². The zero-order valence-corrected chi connectivity index (χ0v) is 16.1. The number of nitrogens with one attached hydrogen (secondary N) is 1. The van der Waals surface area contributed by atoms with Crippen molar-refractivity contribution in [2.24, 2.45) is 7.05 Å². The SMILES string of the molecule is COc1cc(CNc2nnnn2C)cc(Cl)c1OCc1c(F)cccc1Cl. The lowest BCUT2D eigenvalue weighted by Crippen LogP contribution is -2.07. The Morgan fingerprint density at radius 3 is 2.70 bits per heavy atom. The van der Waals surface area contributed by atoms with Gasteiger partial charge in [0.1, 0.15) is 12.4 Å². The highest BCUT2D eigenvalue weighted by Gasteiger charge is 2.15. The summed E-state index contributed by atoms with van der Waals surface area (Å²) in [5, 5.41) is 14.8. The molecule has 7 nitrogen and oxygen atoms in total. The van der Waals surface area contributed by atoms with Crippen molar-refractivity contribution in [3.63, 3.8) is 0 Å². The molecule has 0 radical (unpaired) electrons. The van der Waals surface area contributed by atoms with E-state index in [1.54, 1.807) is 25.2 Å². The van der Waals surface area contributed by atoms with Gasteiger partial charge in [0.05, 0.1) is 17.2 Å². The summed E-state index contributed by atoms with van der Waals surface area (Å²) in [5.74, 6) is 0.792. The van der Waals surface area contributed by atoms with E-state index in [1.165, 1.54) is 23.9 Å². The van der Waals surface area contributed by atoms with Crippen LogP contribution < -0.4 is 14.8 Å². The van der Waals surface area contributed by atoms with E-state index in [0.717, 1.165) is 5.56 Å². The van der Waals surface area contributed by atoms with Crippen LogP contribution in [0.1, 0.15) is 11.1 Å². The maximum atomic E-state index is 13.9. The Hall–Kier alpha value is -2.58. The number of aromatic nitrogens is 4. The first kappa shape index (κ1) is 19.2. The van der Waals surface area contributed by atoms with Crippen molar-refractivity contribution in [3.05, 3.63) is 57.3 Å². The maximum absolute atomic E-state index is 13.9. The fourth-order valence-electron chi connectivity index (χ4n) is 2.39. The molecule has 1 aromatic heterocycles. The minimum Gasteiger partial charge on any atom is -0.493 e. The summed E-state index contributed by atoms with van der Waals surface area (Å²) in [7, 11) is 3.22. The van der Waals surface area contributed by atoms with Crippen molar-refractivity contribution in [2.75, 3.05) is 12.4 Å². The molecular weight excluding hydrogens is 396 g/mol. The average molecular weight is 412 g/mol. The van der Waals surface area contributed by atoms with Crippen LogP contribution in [-0.4, -0.2) is 27.3 Å². The Kier molecular flexibility index (Phi) is 5.98. The number of tetrazole rings is 1. The highest BCUT2D eigenvalue weighted by Crippen LogP contribution is 2.37. The Bertz CT molecular complexity index is 931. The van der Waals surface area contributed by atoms with Crippen LogP contribution in [0, 0.1) is 5.82 Å². The van der Waals surface area contributed by atoms with Crippen molar-refractivity contribution in [3.8, 4) is 11.5 Å². The molecule has 0 saturated carbocycles. The lowest BCUT2D eigenvalue weighted by Gasteiger charge is -2.15. The zero-order chi connectivity index (χ0) is 19.4. The molecule has 0 aliphatic heterocycles. The van der Waals surface area contributed by atoms with Crippen LogP contribution in [0.5, 0.6) is 11.5 Å². The summed E-state index contributed by atoms with van der Waals surface area (Å²) in [6.45, 7) is 0.341. The molecule has 0 spiro atoms. The van der Waals surface area contributed by atoms with Gasteiger partial charge in [0, 0.05) is 19.2 Å². The Balaban J connectivity index is 1.77. The van der Waals surface area contributed by atoms with Crippen molar-refractivity contribution >= 4 is 29.2 Å². The molecular formula is C17H16Cl2FN5O2. The summed E-state index contributed by atoms with van der Waals surface area (Å²) in [6.07, 6.45) is 0. The summed E-state index contributed by atoms with van der Waals surface area (Å²) < 4.78 is 26.5. The number of benzene rings is 2. The topological polar surface area (TPSA) is 74.1 Å². The largest absolute Gasteiger partial charge is 0.493 e. The summed E-state index contributed by atoms with van der Waals surface area (Å²) in [6, 6.07) is 7.93. The molecule has 2 aromatic carbocycles.